The van der Waals surface area contributed by atoms with E-state index in [9.17, 15) is 0 Å². The van der Waals surface area contributed by atoms with Crippen molar-refractivity contribution in [1.82, 2.24) is 9.80 Å². The SMILES string of the molecule is CCCCCCN(CCCCCC)CPCN(CCCCCC)CCCCCC. The van der Waals surface area contributed by atoms with Gasteiger partial charge in [-0.2, -0.15) is 0 Å². The van der Waals surface area contributed by atoms with Crippen molar-refractivity contribution in [3.05, 3.63) is 0 Å². The van der Waals surface area contributed by atoms with E-state index < -0.39 is 0 Å². The van der Waals surface area contributed by atoms with E-state index in [0.717, 1.165) is 8.58 Å². The standard InChI is InChI=1S/C26H57N2P/c1-5-9-13-17-21-27(22-18-14-10-6-2)25-29-26-28(23-19-15-11-7-3)24-20-16-12-8-4/h29H,5-26H2,1-4H3. The summed E-state index contributed by atoms with van der Waals surface area (Å²) in [6, 6.07) is 0. The Morgan fingerprint density at radius 1 is 0.379 bits per heavy atom. The van der Waals surface area contributed by atoms with Crippen molar-refractivity contribution in [2.24, 2.45) is 0 Å². The minimum atomic E-state index is 1.09. The number of unbranched alkanes of at least 4 members (excludes halogenated alkanes) is 12. The van der Waals surface area contributed by atoms with E-state index in [4.69, 9.17) is 0 Å². The van der Waals surface area contributed by atoms with Gasteiger partial charge in [-0.15, -0.1) is 0 Å². The van der Waals surface area contributed by atoms with Crippen molar-refractivity contribution in [2.75, 3.05) is 38.8 Å². The van der Waals surface area contributed by atoms with Crippen molar-refractivity contribution < 1.29 is 0 Å². The Kier molecular flexibility index (Phi) is 24.9. The molecule has 3 heteroatoms. The van der Waals surface area contributed by atoms with Crippen molar-refractivity contribution in [1.29, 1.82) is 0 Å². The molecule has 0 atom stereocenters. The van der Waals surface area contributed by atoms with Crippen LogP contribution in [0.1, 0.15) is 130 Å². The lowest BCUT2D eigenvalue weighted by atomic mass is 10.2. The summed E-state index contributed by atoms with van der Waals surface area (Å²) in [5.74, 6) is 0. The first-order chi connectivity index (χ1) is 14.3. The Labute approximate surface area is 187 Å². The smallest absolute Gasteiger partial charge is 0.0167 e. The number of hydrogen-bond donors (Lipinski definition) is 0. The number of nitrogens with zero attached hydrogens (tertiary/aromatic N) is 2. The minimum Gasteiger partial charge on any atom is -0.299 e. The summed E-state index contributed by atoms with van der Waals surface area (Å²) in [5, 5.41) is 0. The molecule has 0 N–H and O–H groups in total. The van der Waals surface area contributed by atoms with Gasteiger partial charge in [0.15, 0.2) is 0 Å². The van der Waals surface area contributed by atoms with Gasteiger partial charge in [0.1, 0.15) is 0 Å². The van der Waals surface area contributed by atoms with Crippen LogP contribution in [0.4, 0.5) is 0 Å². The molecule has 0 radical (unpaired) electrons. The summed E-state index contributed by atoms with van der Waals surface area (Å²) in [5.41, 5.74) is 0. The topological polar surface area (TPSA) is 6.48 Å². The first-order valence-corrected chi connectivity index (χ1v) is 14.8. The van der Waals surface area contributed by atoms with Crippen molar-refractivity contribution >= 4 is 8.58 Å². The lowest BCUT2D eigenvalue weighted by molar-refractivity contribution is 0.289. The summed E-state index contributed by atoms with van der Waals surface area (Å²) in [6.45, 7) is 14.6. The average molecular weight is 429 g/mol. The summed E-state index contributed by atoms with van der Waals surface area (Å²) in [6.07, 6.45) is 25.1. The summed E-state index contributed by atoms with van der Waals surface area (Å²) in [7, 11) is 1.09. The Hall–Kier alpha value is 0.350. The summed E-state index contributed by atoms with van der Waals surface area (Å²) in [4.78, 5) is 5.60. The van der Waals surface area contributed by atoms with Crippen LogP contribution in [0, 0.1) is 0 Å². The molecule has 0 aliphatic carbocycles. The quantitative estimate of drug-likeness (QED) is 0.112. The van der Waals surface area contributed by atoms with Crippen LogP contribution in [0.15, 0.2) is 0 Å². The normalized spacial score (nSPS) is 11.8. The molecule has 0 unspecified atom stereocenters. The molecule has 0 aromatic rings. The summed E-state index contributed by atoms with van der Waals surface area (Å²) >= 11 is 0. The van der Waals surface area contributed by atoms with Gasteiger partial charge in [0, 0.05) is 12.6 Å². The van der Waals surface area contributed by atoms with Crippen LogP contribution < -0.4 is 0 Å². The molecule has 29 heavy (non-hydrogen) atoms. The molecular weight excluding hydrogens is 371 g/mol. The van der Waals surface area contributed by atoms with Gasteiger partial charge in [-0.3, -0.25) is 9.80 Å². The predicted octanol–water partition coefficient (Wildman–Crippen LogP) is 8.51. The highest BCUT2D eigenvalue weighted by Gasteiger charge is 2.08. The monoisotopic (exact) mass is 428 g/mol. The van der Waals surface area contributed by atoms with Crippen LogP contribution in [0.3, 0.4) is 0 Å². The van der Waals surface area contributed by atoms with Gasteiger partial charge in [-0.25, -0.2) is 0 Å². The molecule has 0 aliphatic rings. The molecule has 0 heterocycles. The number of rotatable bonds is 24. The zero-order chi connectivity index (χ0) is 21.4. The largest absolute Gasteiger partial charge is 0.299 e. The van der Waals surface area contributed by atoms with Crippen molar-refractivity contribution in [3.63, 3.8) is 0 Å². The van der Waals surface area contributed by atoms with E-state index in [1.54, 1.807) is 0 Å². The van der Waals surface area contributed by atoms with Crippen LogP contribution >= 0.6 is 8.58 Å². The first kappa shape index (κ1) is 29.4. The van der Waals surface area contributed by atoms with E-state index in [1.165, 1.54) is 141 Å². The molecule has 0 saturated heterocycles. The lowest BCUT2D eigenvalue weighted by Gasteiger charge is -2.26. The minimum absolute atomic E-state index is 1.09. The number of hydrogen-bond acceptors (Lipinski definition) is 2. The molecule has 0 spiro atoms. The van der Waals surface area contributed by atoms with Crippen molar-refractivity contribution in [3.8, 4) is 0 Å². The van der Waals surface area contributed by atoms with Crippen LogP contribution in [0.2, 0.25) is 0 Å². The Morgan fingerprint density at radius 3 is 0.897 bits per heavy atom. The predicted molar refractivity (Wildman–Crippen MR) is 138 cm³/mol. The fourth-order valence-corrected chi connectivity index (χ4v) is 5.32. The molecule has 176 valence electrons. The molecule has 0 saturated carbocycles. The highest BCUT2D eigenvalue weighted by molar-refractivity contribution is 7.37. The molecule has 2 nitrogen and oxygen atoms in total. The van der Waals surface area contributed by atoms with Crippen LogP contribution in [0.25, 0.3) is 0 Å². The molecule has 0 bridgehead atoms. The highest BCUT2D eigenvalue weighted by Crippen LogP contribution is 2.18. The maximum absolute atomic E-state index is 2.80. The van der Waals surface area contributed by atoms with E-state index in [0.29, 0.717) is 0 Å². The molecule has 0 rings (SSSR count). The lowest BCUT2D eigenvalue weighted by Crippen LogP contribution is -2.29. The van der Waals surface area contributed by atoms with Gasteiger partial charge in [0.2, 0.25) is 0 Å². The van der Waals surface area contributed by atoms with Gasteiger partial charge in [-0.05, 0) is 51.9 Å². The summed E-state index contributed by atoms with van der Waals surface area (Å²) < 4.78 is 0. The molecule has 0 amide bonds. The van der Waals surface area contributed by atoms with Crippen LogP contribution in [0.5, 0.6) is 0 Å². The van der Waals surface area contributed by atoms with E-state index in [2.05, 4.69) is 37.5 Å². The van der Waals surface area contributed by atoms with Gasteiger partial charge >= 0.3 is 0 Å². The third-order valence-corrected chi connectivity index (χ3v) is 7.32. The maximum Gasteiger partial charge on any atom is 0.0167 e. The molecule has 0 aromatic carbocycles. The van der Waals surface area contributed by atoms with E-state index in [-0.39, 0.29) is 0 Å². The Balaban J connectivity index is 4.25. The van der Waals surface area contributed by atoms with Gasteiger partial charge in [0.25, 0.3) is 0 Å². The third-order valence-electron chi connectivity index (χ3n) is 5.98. The highest BCUT2D eigenvalue weighted by atomic mass is 31.1. The molecule has 0 aliphatic heterocycles. The van der Waals surface area contributed by atoms with Crippen LogP contribution in [-0.2, 0) is 0 Å². The zero-order valence-electron chi connectivity index (χ0n) is 21.0. The van der Waals surface area contributed by atoms with Crippen LogP contribution in [-0.4, -0.2) is 48.6 Å². The molecule has 0 fully saturated rings. The first-order valence-electron chi connectivity index (χ1n) is 13.4. The second kappa shape index (κ2) is 24.6. The van der Waals surface area contributed by atoms with Gasteiger partial charge < -0.3 is 0 Å². The van der Waals surface area contributed by atoms with E-state index in [1.807, 2.05) is 0 Å². The third kappa shape index (κ3) is 21.4. The fraction of sp³-hybridized carbons (Fsp3) is 1.00. The Morgan fingerprint density at radius 2 is 0.655 bits per heavy atom. The fourth-order valence-electron chi connectivity index (χ4n) is 3.95. The zero-order valence-corrected chi connectivity index (χ0v) is 22.0. The average Bonchev–Trinajstić information content (AvgIpc) is 2.73. The molecule has 0 aromatic heterocycles. The van der Waals surface area contributed by atoms with Gasteiger partial charge in [-0.1, -0.05) is 113 Å². The Bertz CT molecular complexity index is 246. The second-order valence-corrected chi connectivity index (χ2v) is 10.2. The van der Waals surface area contributed by atoms with Crippen molar-refractivity contribution in [2.45, 2.75) is 130 Å². The van der Waals surface area contributed by atoms with E-state index >= 15 is 0 Å². The molecular formula is C26H57N2P. The maximum atomic E-state index is 2.80. The van der Waals surface area contributed by atoms with Gasteiger partial charge in [0.05, 0.1) is 0 Å². The second-order valence-electron chi connectivity index (χ2n) is 9.04.